The Morgan fingerprint density at radius 2 is 1.78 bits per heavy atom. The lowest BCUT2D eigenvalue weighted by Crippen LogP contribution is -2.18. The number of nitrogens with two attached hydrogens (primary N) is 1. The molecule has 0 saturated carbocycles. The van der Waals surface area contributed by atoms with Crippen molar-refractivity contribution in [1.82, 2.24) is 0 Å². The predicted octanol–water partition coefficient (Wildman–Crippen LogP) is 3.94. The minimum atomic E-state index is 0.0109. The molecule has 0 aliphatic carbocycles. The highest BCUT2D eigenvalue weighted by molar-refractivity contribution is 9.10. The molecule has 0 aliphatic heterocycles. The molecule has 0 saturated heterocycles. The predicted molar refractivity (Wildman–Crippen MR) is 95.4 cm³/mol. The Kier molecular flexibility index (Phi) is 6.30. The molecule has 0 amide bonds. The molecule has 0 radical (unpaired) electrons. The molecule has 5 heteroatoms. The van der Waals surface area contributed by atoms with E-state index in [2.05, 4.69) is 15.9 Å². The standard InChI is InChI=1S/C18H22BrNO3/c1-12(20)9-14-10-15(21-2)16(19)18(17(14)22-3)23-11-13-7-5-4-6-8-13/h4-8,10,12H,9,11,20H2,1-3H3. The highest BCUT2D eigenvalue weighted by Crippen LogP contribution is 2.45. The highest BCUT2D eigenvalue weighted by atomic mass is 79.9. The van der Waals surface area contributed by atoms with Gasteiger partial charge in [-0.05, 0) is 40.9 Å². The van der Waals surface area contributed by atoms with Crippen LogP contribution in [0.15, 0.2) is 40.9 Å². The first-order chi connectivity index (χ1) is 11.1. The molecule has 0 bridgehead atoms. The van der Waals surface area contributed by atoms with Crippen LogP contribution in [-0.4, -0.2) is 20.3 Å². The molecule has 2 N–H and O–H groups in total. The maximum Gasteiger partial charge on any atom is 0.179 e. The third kappa shape index (κ3) is 4.39. The van der Waals surface area contributed by atoms with Crippen LogP contribution >= 0.6 is 15.9 Å². The van der Waals surface area contributed by atoms with Gasteiger partial charge in [-0.25, -0.2) is 0 Å². The van der Waals surface area contributed by atoms with E-state index in [1.807, 2.05) is 43.3 Å². The molecule has 4 nitrogen and oxygen atoms in total. The van der Waals surface area contributed by atoms with Crippen LogP contribution in [0.1, 0.15) is 18.1 Å². The molecule has 2 rings (SSSR count). The second-order valence-electron chi connectivity index (χ2n) is 5.37. The Morgan fingerprint density at radius 3 is 2.35 bits per heavy atom. The van der Waals surface area contributed by atoms with Crippen LogP contribution in [0.25, 0.3) is 0 Å². The maximum absolute atomic E-state index is 6.02. The van der Waals surface area contributed by atoms with Crippen LogP contribution in [0.4, 0.5) is 0 Å². The van der Waals surface area contributed by atoms with Gasteiger partial charge in [0.2, 0.25) is 0 Å². The van der Waals surface area contributed by atoms with E-state index in [0.29, 0.717) is 30.3 Å². The molecule has 0 fully saturated rings. The van der Waals surface area contributed by atoms with Gasteiger partial charge < -0.3 is 19.9 Å². The number of methoxy groups -OCH3 is 2. The van der Waals surface area contributed by atoms with E-state index in [1.165, 1.54) is 0 Å². The van der Waals surface area contributed by atoms with E-state index in [9.17, 15) is 0 Å². The summed E-state index contributed by atoms with van der Waals surface area (Å²) in [6, 6.07) is 11.9. The van der Waals surface area contributed by atoms with Gasteiger partial charge in [-0.15, -0.1) is 0 Å². The van der Waals surface area contributed by atoms with Crippen LogP contribution in [0.5, 0.6) is 17.2 Å². The number of ether oxygens (including phenoxy) is 3. The molecule has 0 spiro atoms. The van der Waals surface area contributed by atoms with Gasteiger partial charge in [0.15, 0.2) is 11.5 Å². The van der Waals surface area contributed by atoms with Gasteiger partial charge >= 0.3 is 0 Å². The van der Waals surface area contributed by atoms with Crippen molar-refractivity contribution < 1.29 is 14.2 Å². The summed E-state index contributed by atoms with van der Waals surface area (Å²) in [6.45, 7) is 2.40. The first-order valence-electron chi connectivity index (χ1n) is 7.42. The molecule has 124 valence electrons. The topological polar surface area (TPSA) is 53.7 Å². The third-order valence-corrected chi connectivity index (χ3v) is 4.16. The van der Waals surface area contributed by atoms with Crippen LogP contribution in [0, 0.1) is 0 Å². The lowest BCUT2D eigenvalue weighted by atomic mass is 10.1. The van der Waals surface area contributed by atoms with Crippen molar-refractivity contribution in [3.8, 4) is 17.2 Å². The minimum Gasteiger partial charge on any atom is -0.495 e. The van der Waals surface area contributed by atoms with Gasteiger partial charge in [-0.3, -0.25) is 0 Å². The van der Waals surface area contributed by atoms with Crippen LogP contribution in [0.3, 0.4) is 0 Å². The summed E-state index contributed by atoms with van der Waals surface area (Å²) in [5.74, 6) is 2.02. The van der Waals surface area contributed by atoms with Crippen molar-refractivity contribution in [2.75, 3.05) is 14.2 Å². The number of hydrogen-bond donors (Lipinski definition) is 1. The minimum absolute atomic E-state index is 0.0109. The fourth-order valence-corrected chi connectivity index (χ4v) is 2.94. The molecule has 23 heavy (non-hydrogen) atoms. The second-order valence-corrected chi connectivity index (χ2v) is 6.16. The second kappa shape index (κ2) is 8.22. The normalized spacial score (nSPS) is 11.9. The number of benzene rings is 2. The van der Waals surface area contributed by atoms with Crippen LogP contribution < -0.4 is 19.9 Å². The average molecular weight is 380 g/mol. The quantitative estimate of drug-likeness (QED) is 0.791. The van der Waals surface area contributed by atoms with Crippen molar-refractivity contribution in [3.05, 3.63) is 52.0 Å². The largest absolute Gasteiger partial charge is 0.495 e. The number of rotatable bonds is 7. The Hall–Kier alpha value is -1.72. The summed E-state index contributed by atoms with van der Waals surface area (Å²) in [7, 11) is 3.26. The van der Waals surface area contributed by atoms with Crippen molar-refractivity contribution in [2.45, 2.75) is 26.0 Å². The molecular formula is C18H22BrNO3. The van der Waals surface area contributed by atoms with E-state index >= 15 is 0 Å². The van der Waals surface area contributed by atoms with Crippen molar-refractivity contribution >= 4 is 15.9 Å². The number of halogens is 1. The average Bonchev–Trinajstić information content (AvgIpc) is 2.55. The first-order valence-corrected chi connectivity index (χ1v) is 8.21. The molecule has 2 aromatic rings. The third-order valence-electron chi connectivity index (χ3n) is 3.41. The highest BCUT2D eigenvalue weighted by Gasteiger charge is 2.20. The first kappa shape index (κ1) is 17.6. The number of hydrogen-bond acceptors (Lipinski definition) is 4. The Balaban J connectivity index is 2.38. The van der Waals surface area contributed by atoms with Crippen molar-refractivity contribution in [2.24, 2.45) is 5.73 Å². The van der Waals surface area contributed by atoms with Crippen molar-refractivity contribution in [3.63, 3.8) is 0 Å². The zero-order valence-corrected chi connectivity index (χ0v) is 15.2. The Labute approximate surface area is 145 Å². The summed E-state index contributed by atoms with van der Waals surface area (Å²) in [5.41, 5.74) is 7.99. The zero-order chi connectivity index (χ0) is 16.8. The van der Waals surface area contributed by atoms with Gasteiger partial charge in [0.1, 0.15) is 16.8 Å². The summed E-state index contributed by atoms with van der Waals surface area (Å²) in [4.78, 5) is 0. The van der Waals surface area contributed by atoms with Gasteiger partial charge in [0.05, 0.1) is 14.2 Å². The molecule has 0 heterocycles. The lowest BCUT2D eigenvalue weighted by molar-refractivity contribution is 0.278. The molecule has 1 atom stereocenters. The fourth-order valence-electron chi connectivity index (χ4n) is 2.37. The zero-order valence-electron chi connectivity index (χ0n) is 13.6. The molecule has 2 aromatic carbocycles. The van der Waals surface area contributed by atoms with Crippen molar-refractivity contribution in [1.29, 1.82) is 0 Å². The van der Waals surface area contributed by atoms with E-state index in [-0.39, 0.29) is 6.04 Å². The van der Waals surface area contributed by atoms with E-state index in [0.717, 1.165) is 15.6 Å². The van der Waals surface area contributed by atoms with Crippen LogP contribution in [0.2, 0.25) is 0 Å². The van der Waals surface area contributed by atoms with Gasteiger partial charge in [0, 0.05) is 11.6 Å². The smallest absolute Gasteiger partial charge is 0.179 e. The molecule has 1 unspecified atom stereocenters. The van der Waals surface area contributed by atoms with E-state index in [1.54, 1.807) is 14.2 Å². The lowest BCUT2D eigenvalue weighted by Gasteiger charge is -2.19. The summed E-state index contributed by atoms with van der Waals surface area (Å²) >= 11 is 3.55. The van der Waals surface area contributed by atoms with Gasteiger partial charge in [-0.2, -0.15) is 0 Å². The Morgan fingerprint density at radius 1 is 1.09 bits per heavy atom. The Bertz CT molecular complexity index is 644. The van der Waals surface area contributed by atoms with E-state index in [4.69, 9.17) is 19.9 Å². The molecule has 0 aliphatic rings. The summed E-state index contributed by atoms with van der Waals surface area (Å²) in [6.07, 6.45) is 0.675. The molecular weight excluding hydrogens is 358 g/mol. The summed E-state index contributed by atoms with van der Waals surface area (Å²) in [5, 5.41) is 0. The van der Waals surface area contributed by atoms with E-state index < -0.39 is 0 Å². The SMILES string of the molecule is COc1cc(CC(C)N)c(OC)c(OCc2ccccc2)c1Br. The summed E-state index contributed by atoms with van der Waals surface area (Å²) < 4.78 is 17.8. The monoisotopic (exact) mass is 379 g/mol. The molecule has 0 aromatic heterocycles. The fraction of sp³-hybridized carbons (Fsp3) is 0.333. The van der Waals surface area contributed by atoms with Gasteiger partial charge in [-0.1, -0.05) is 30.3 Å². The maximum atomic E-state index is 6.02. The van der Waals surface area contributed by atoms with Gasteiger partial charge in [0.25, 0.3) is 0 Å². The van der Waals surface area contributed by atoms with Crippen LogP contribution in [-0.2, 0) is 13.0 Å².